The molecule has 0 amide bonds. The summed E-state index contributed by atoms with van der Waals surface area (Å²) in [6.07, 6.45) is 13.0. The number of thiophene rings is 1. The number of esters is 1. The first kappa shape index (κ1) is 20.6. The fraction of sp³-hybridized carbons (Fsp3) is 0.714. The molecule has 4 nitrogen and oxygen atoms in total. The van der Waals surface area contributed by atoms with E-state index in [-0.39, 0.29) is 5.97 Å². The van der Waals surface area contributed by atoms with Crippen LogP contribution in [0.5, 0.6) is 0 Å². The van der Waals surface area contributed by atoms with E-state index in [2.05, 4.69) is 17.6 Å². The number of nitrogens with one attached hydrogen (secondary N) is 2. The lowest BCUT2D eigenvalue weighted by Gasteiger charge is -2.29. The zero-order valence-corrected chi connectivity index (χ0v) is 18.2. The van der Waals surface area contributed by atoms with Crippen molar-refractivity contribution in [1.29, 1.82) is 0 Å². The SMILES string of the molecule is CCC1CCC(NC(=S)Nc2sc3c(c2C(=O)OC)CCCCCC3)CC1. The molecule has 1 aromatic rings. The van der Waals surface area contributed by atoms with Crippen LogP contribution in [0, 0.1) is 5.92 Å². The van der Waals surface area contributed by atoms with Crippen LogP contribution < -0.4 is 10.6 Å². The van der Waals surface area contributed by atoms with Crippen molar-refractivity contribution in [2.75, 3.05) is 12.4 Å². The first-order valence-corrected chi connectivity index (χ1v) is 11.6. The van der Waals surface area contributed by atoms with Crippen molar-refractivity contribution in [1.82, 2.24) is 5.32 Å². The summed E-state index contributed by atoms with van der Waals surface area (Å²) in [7, 11) is 1.46. The highest BCUT2D eigenvalue weighted by Gasteiger charge is 2.26. The third-order valence-electron chi connectivity index (χ3n) is 6.05. The lowest BCUT2D eigenvalue weighted by Crippen LogP contribution is -2.40. The van der Waals surface area contributed by atoms with Gasteiger partial charge >= 0.3 is 5.97 Å². The fourth-order valence-electron chi connectivity index (χ4n) is 4.37. The highest BCUT2D eigenvalue weighted by atomic mass is 32.1. The number of hydrogen-bond donors (Lipinski definition) is 2. The maximum atomic E-state index is 12.5. The van der Waals surface area contributed by atoms with Gasteiger partial charge in [-0.1, -0.05) is 26.2 Å². The van der Waals surface area contributed by atoms with Gasteiger partial charge in [0.25, 0.3) is 0 Å². The molecule has 27 heavy (non-hydrogen) atoms. The smallest absolute Gasteiger partial charge is 0.341 e. The molecule has 3 rings (SSSR count). The van der Waals surface area contributed by atoms with Gasteiger partial charge in [0.2, 0.25) is 0 Å². The molecule has 1 aromatic heterocycles. The third kappa shape index (κ3) is 5.23. The first-order chi connectivity index (χ1) is 13.1. The molecule has 0 saturated heterocycles. The molecule has 2 aliphatic rings. The van der Waals surface area contributed by atoms with Crippen LogP contribution >= 0.6 is 23.6 Å². The number of anilines is 1. The third-order valence-corrected chi connectivity index (χ3v) is 7.47. The average Bonchev–Trinajstić information content (AvgIpc) is 2.97. The summed E-state index contributed by atoms with van der Waals surface area (Å²) in [6.45, 7) is 2.28. The largest absolute Gasteiger partial charge is 0.465 e. The molecule has 1 fully saturated rings. The van der Waals surface area contributed by atoms with Crippen LogP contribution in [0.3, 0.4) is 0 Å². The summed E-state index contributed by atoms with van der Waals surface area (Å²) in [6, 6.07) is 0.440. The quantitative estimate of drug-likeness (QED) is 0.512. The molecular formula is C21H32N2O2S2. The van der Waals surface area contributed by atoms with Gasteiger partial charge < -0.3 is 15.4 Å². The summed E-state index contributed by atoms with van der Waals surface area (Å²) >= 11 is 7.27. The molecule has 0 unspecified atom stereocenters. The van der Waals surface area contributed by atoms with Gasteiger partial charge in [-0.2, -0.15) is 0 Å². The molecule has 0 radical (unpaired) electrons. The van der Waals surface area contributed by atoms with E-state index < -0.39 is 0 Å². The topological polar surface area (TPSA) is 50.4 Å². The van der Waals surface area contributed by atoms with Gasteiger partial charge in [0, 0.05) is 10.9 Å². The maximum absolute atomic E-state index is 12.5. The second-order valence-electron chi connectivity index (χ2n) is 7.84. The average molecular weight is 409 g/mol. The van der Waals surface area contributed by atoms with Crippen molar-refractivity contribution < 1.29 is 9.53 Å². The van der Waals surface area contributed by atoms with Gasteiger partial charge in [0.15, 0.2) is 5.11 Å². The van der Waals surface area contributed by atoms with E-state index in [4.69, 9.17) is 17.0 Å². The minimum absolute atomic E-state index is 0.248. The van der Waals surface area contributed by atoms with Crippen molar-refractivity contribution in [2.45, 2.75) is 83.6 Å². The van der Waals surface area contributed by atoms with E-state index in [1.165, 1.54) is 68.9 Å². The number of rotatable bonds is 4. The fourth-order valence-corrected chi connectivity index (χ4v) is 5.98. The van der Waals surface area contributed by atoms with Gasteiger partial charge in [-0.3, -0.25) is 0 Å². The Labute approximate surface area is 172 Å². The summed E-state index contributed by atoms with van der Waals surface area (Å²) < 4.78 is 5.09. The predicted molar refractivity (Wildman–Crippen MR) is 117 cm³/mol. The van der Waals surface area contributed by atoms with Crippen LogP contribution in [-0.2, 0) is 17.6 Å². The zero-order chi connectivity index (χ0) is 19.2. The second-order valence-corrected chi connectivity index (χ2v) is 9.35. The van der Waals surface area contributed by atoms with E-state index in [0.29, 0.717) is 16.7 Å². The van der Waals surface area contributed by atoms with Crippen LogP contribution in [0.15, 0.2) is 0 Å². The van der Waals surface area contributed by atoms with E-state index in [0.717, 1.165) is 30.2 Å². The molecule has 0 aliphatic heterocycles. The Morgan fingerprint density at radius 2 is 1.85 bits per heavy atom. The number of hydrogen-bond acceptors (Lipinski definition) is 4. The normalized spacial score (nSPS) is 22.9. The Hall–Kier alpha value is -1.14. The van der Waals surface area contributed by atoms with Crippen molar-refractivity contribution in [3.63, 3.8) is 0 Å². The molecular weight excluding hydrogens is 376 g/mol. The second kappa shape index (κ2) is 9.87. The summed E-state index contributed by atoms with van der Waals surface area (Å²) in [5.74, 6) is 0.620. The van der Waals surface area contributed by atoms with E-state index in [9.17, 15) is 4.79 Å². The van der Waals surface area contributed by atoms with Gasteiger partial charge in [0.05, 0.1) is 12.7 Å². The molecule has 2 N–H and O–H groups in total. The molecule has 6 heteroatoms. The summed E-state index contributed by atoms with van der Waals surface area (Å²) in [5, 5.41) is 8.30. The predicted octanol–water partition coefficient (Wildman–Crippen LogP) is 5.45. The lowest BCUT2D eigenvalue weighted by atomic mass is 9.85. The Bertz CT molecular complexity index is 663. The van der Waals surface area contributed by atoms with Crippen LogP contribution in [0.4, 0.5) is 5.00 Å². The molecule has 2 aliphatic carbocycles. The summed E-state index contributed by atoms with van der Waals surface area (Å²) in [5.41, 5.74) is 1.89. The number of ether oxygens (including phenoxy) is 1. The molecule has 0 spiro atoms. The van der Waals surface area contributed by atoms with Crippen LogP contribution in [0.2, 0.25) is 0 Å². The number of carbonyl (C=O) groups is 1. The van der Waals surface area contributed by atoms with Crippen molar-refractivity contribution in [2.24, 2.45) is 5.92 Å². The molecule has 1 heterocycles. The van der Waals surface area contributed by atoms with Crippen LogP contribution in [-0.4, -0.2) is 24.2 Å². The number of carbonyl (C=O) groups excluding carboxylic acids is 1. The van der Waals surface area contributed by atoms with Gasteiger partial charge in [0.1, 0.15) is 5.00 Å². The van der Waals surface area contributed by atoms with Crippen molar-refractivity contribution in [3.8, 4) is 0 Å². The number of methoxy groups -OCH3 is 1. The van der Waals surface area contributed by atoms with Gasteiger partial charge in [-0.25, -0.2) is 4.79 Å². The van der Waals surface area contributed by atoms with E-state index >= 15 is 0 Å². The Morgan fingerprint density at radius 3 is 2.52 bits per heavy atom. The molecule has 0 bridgehead atoms. The minimum Gasteiger partial charge on any atom is -0.465 e. The first-order valence-electron chi connectivity index (χ1n) is 10.4. The summed E-state index contributed by atoms with van der Waals surface area (Å²) in [4.78, 5) is 13.8. The monoisotopic (exact) mass is 408 g/mol. The Morgan fingerprint density at radius 1 is 1.15 bits per heavy atom. The highest BCUT2D eigenvalue weighted by Crippen LogP contribution is 2.37. The van der Waals surface area contributed by atoms with Crippen LogP contribution in [0.25, 0.3) is 0 Å². The van der Waals surface area contributed by atoms with Gasteiger partial charge in [-0.05, 0) is 75.1 Å². The minimum atomic E-state index is -0.248. The number of aryl methyl sites for hydroxylation is 1. The van der Waals surface area contributed by atoms with Gasteiger partial charge in [-0.15, -0.1) is 11.3 Å². The Balaban J connectivity index is 1.70. The molecule has 0 atom stereocenters. The van der Waals surface area contributed by atoms with Crippen LogP contribution in [0.1, 0.15) is 85.5 Å². The zero-order valence-electron chi connectivity index (χ0n) is 16.6. The molecule has 150 valence electrons. The van der Waals surface area contributed by atoms with Crippen molar-refractivity contribution >= 4 is 39.6 Å². The van der Waals surface area contributed by atoms with E-state index in [1.54, 1.807) is 11.3 Å². The number of fused-ring (bicyclic) bond motifs is 1. The van der Waals surface area contributed by atoms with Crippen molar-refractivity contribution in [3.05, 3.63) is 16.0 Å². The van der Waals surface area contributed by atoms with E-state index in [1.807, 2.05) is 0 Å². The maximum Gasteiger partial charge on any atom is 0.341 e. The molecule has 1 saturated carbocycles. The Kier molecular flexibility index (Phi) is 7.53. The number of thiocarbonyl (C=S) groups is 1. The molecule has 0 aromatic carbocycles. The lowest BCUT2D eigenvalue weighted by molar-refractivity contribution is 0.0601. The standard InChI is InChI=1S/C21H32N2O2S2/c1-3-14-10-12-15(13-11-14)22-21(26)23-19-18(20(24)25-2)16-8-6-4-5-7-9-17(16)27-19/h14-15H,3-13H2,1-2H3,(H2,22,23,26). The highest BCUT2D eigenvalue weighted by molar-refractivity contribution is 7.80.